The van der Waals surface area contributed by atoms with Gasteiger partial charge >= 0.3 is 0 Å². The van der Waals surface area contributed by atoms with Crippen LogP contribution in [0.15, 0.2) is 23.1 Å². The van der Waals surface area contributed by atoms with Crippen LogP contribution in [0, 0.1) is 5.82 Å². The predicted octanol–water partition coefficient (Wildman–Crippen LogP) is 2.25. The van der Waals surface area contributed by atoms with Crippen LogP contribution in [-0.2, 0) is 0 Å². The van der Waals surface area contributed by atoms with Gasteiger partial charge in [0.05, 0.1) is 5.56 Å². The second-order valence-corrected chi connectivity index (χ2v) is 3.44. The number of amides is 1. The second-order valence-electron chi connectivity index (χ2n) is 2.92. The van der Waals surface area contributed by atoms with Crippen molar-refractivity contribution in [2.75, 3.05) is 6.54 Å². The molecule has 1 aromatic rings. The molecule has 0 atom stereocenters. The summed E-state index contributed by atoms with van der Waals surface area (Å²) in [6, 6.07) is 4.17. The first-order valence-corrected chi connectivity index (χ1v) is 4.86. The molecule has 4 heteroatoms. The van der Waals surface area contributed by atoms with Crippen LogP contribution in [0.25, 0.3) is 0 Å². The van der Waals surface area contributed by atoms with E-state index < -0.39 is 5.82 Å². The molecule has 0 bridgehead atoms. The summed E-state index contributed by atoms with van der Waals surface area (Å²) in [6.45, 7) is 2.49. The molecule has 0 aliphatic heterocycles. The van der Waals surface area contributed by atoms with E-state index in [1.807, 2.05) is 6.92 Å². The zero-order valence-corrected chi connectivity index (χ0v) is 8.77. The van der Waals surface area contributed by atoms with Crippen molar-refractivity contribution in [3.05, 3.63) is 29.6 Å². The molecule has 1 amide bonds. The van der Waals surface area contributed by atoms with Crippen LogP contribution < -0.4 is 5.32 Å². The van der Waals surface area contributed by atoms with E-state index in [0.29, 0.717) is 11.4 Å². The zero-order valence-electron chi connectivity index (χ0n) is 7.88. The summed E-state index contributed by atoms with van der Waals surface area (Å²) in [7, 11) is 0. The smallest absolute Gasteiger partial charge is 0.254 e. The van der Waals surface area contributed by atoms with Crippen LogP contribution in [0.3, 0.4) is 0 Å². The molecular formula is C10H12FNOS. The van der Waals surface area contributed by atoms with Gasteiger partial charge < -0.3 is 5.32 Å². The summed E-state index contributed by atoms with van der Waals surface area (Å²) in [5.41, 5.74) is 0.0472. The maximum atomic E-state index is 13.2. The van der Waals surface area contributed by atoms with Crippen LogP contribution in [0.2, 0.25) is 0 Å². The lowest BCUT2D eigenvalue weighted by atomic mass is 10.2. The van der Waals surface area contributed by atoms with E-state index in [1.54, 1.807) is 0 Å². The third-order valence-corrected chi connectivity index (χ3v) is 2.01. The Morgan fingerprint density at radius 3 is 2.93 bits per heavy atom. The first-order chi connectivity index (χ1) is 6.65. The lowest BCUT2D eigenvalue weighted by Gasteiger charge is -2.04. The quantitative estimate of drug-likeness (QED) is 0.741. The number of halogens is 1. The number of nitrogens with one attached hydrogen (secondary N) is 1. The summed E-state index contributed by atoms with van der Waals surface area (Å²) in [4.78, 5) is 12.0. The molecule has 0 spiro atoms. The lowest BCUT2D eigenvalue weighted by Crippen LogP contribution is -2.24. The summed E-state index contributed by atoms with van der Waals surface area (Å²) in [5, 5.41) is 2.60. The number of rotatable bonds is 3. The second kappa shape index (κ2) is 5.00. The molecule has 0 saturated heterocycles. The fraction of sp³-hybridized carbons (Fsp3) is 0.300. The van der Waals surface area contributed by atoms with Crippen LogP contribution >= 0.6 is 12.6 Å². The highest BCUT2D eigenvalue weighted by atomic mass is 32.1. The van der Waals surface area contributed by atoms with E-state index in [2.05, 4.69) is 17.9 Å². The minimum atomic E-state index is -0.517. The first kappa shape index (κ1) is 11.0. The molecule has 1 aromatic carbocycles. The molecule has 0 unspecified atom stereocenters. The van der Waals surface area contributed by atoms with Crippen molar-refractivity contribution < 1.29 is 9.18 Å². The van der Waals surface area contributed by atoms with Crippen molar-refractivity contribution in [1.29, 1.82) is 0 Å². The highest BCUT2D eigenvalue weighted by Gasteiger charge is 2.10. The molecule has 1 rings (SSSR count). The van der Waals surface area contributed by atoms with Crippen molar-refractivity contribution in [1.82, 2.24) is 5.32 Å². The maximum Gasteiger partial charge on any atom is 0.254 e. The number of hydrogen-bond acceptors (Lipinski definition) is 2. The molecule has 0 aliphatic carbocycles. The van der Waals surface area contributed by atoms with E-state index in [4.69, 9.17) is 0 Å². The SMILES string of the molecule is CCCNC(=O)c1cc(S)ccc1F. The van der Waals surface area contributed by atoms with Crippen LogP contribution in [-0.4, -0.2) is 12.5 Å². The monoisotopic (exact) mass is 213 g/mol. The third kappa shape index (κ3) is 2.73. The minimum absolute atomic E-state index is 0.0472. The maximum absolute atomic E-state index is 13.2. The topological polar surface area (TPSA) is 29.1 Å². The van der Waals surface area contributed by atoms with Gasteiger partial charge in [0.15, 0.2) is 0 Å². The minimum Gasteiger partial charge on any atom is -0.352 e. The average molecular weight is 213 g/mol. The van der Waals surface area contributed by atoms with E-state index >= 15 is 0 Å². The molecule has 0 radical (unpaired) electrons. The van der Waals surface area contributed by atoms with Gasteiger partial charge in [-0.1, -0.05) is 6.92 Å². The Kier molecular flexibility index (Phi) is 3.95. The molecule has 2 nitrogen and oxygen atoms in total. The van der Waals surface area contributed by atoms with E-state index in [-0.39, 0.29) is 11.5 Å². The third-order valence-electron chi connectivity index (χ3n) is 1.73. The highest BCUT2D eigenvalue weighted by molar-refractivity contribution is 7.80. The fourth-order valence-electron chi connectivity index (χ4n) is 1.02. The Morgan fingerprint density at radius 1 is 1.57 bits per heavy atom. The molecule has 0 fully saturated rings. The van der Waals surface area contributed by atoms with E-state index in [9.17, 15) is 9.18 Å². The van der Waals surface area contributed by atoms with Gasteiger partial charge in [-0.15, -0.1) is 12.6 Å². The van der Waals surface area contributed by atoms with Crippen molar-refractivity contribution in [3.8, 4) is 0 Å². The molecule has 14 heavy (non-hydrogen) atoms. The Morgan fingerprint density at radius 2 is 2.29 bits per heavy atom. The normalized spacial score (nSPS) is 9.93. The molecule has 0 saturated carbocycles. The van der Waals surface area contributed by atoms with Gasteiger partial charge in [0.25, 0.3) is 5.91 Å². The van der Waals surface area contributed by atoms with Crippen molar-refractivity contribution in [3.63, 3.8) is 0 Å². The van der Waals surface area contributed by atoms with Gasteiger partial charge in [-0.2, -0.15) is 0 Å². The lowest BCUT2D eigenvalue weighted by molar-refractivity contribution is 0.0949. The fourth-order valence-corrected chi connectivity index (χ4v) is 1.22. The van der Waals surface area contributed by atoms with Gasteiger partial charge in [-0.3, -0.25) is 4.79 Å². The number of carbonyl (C=O) groups excluding carboxylic acids is 1. The zero-order chi connectivity index (χ0) is 10.6. The number of carbonyl (C=O) groups is 1. The Hall–Kier alpha value is -1.03. The van der Waals surface area contributed by atoms with Gasteiger partial charge in [0.2, 0.25) is 0 Å². The van der Waals surface area contributed by atoms with Gasteiger partial charge in [-0.25, -0.2) is 4.39 Å². The van der Waals surface area contributed by atoms with Gasteiger partial charge in [-0.05, 0) is 24.6 Å². The number of benzene rings is 1. The van der Waals surface area contributed by atoms with Gasteiger partial charge in [0, 0.05) is 11.4 Å². The van der Waals surface area contributed by atoms with Crippen molar-refractivity contribution in [2.24, 2.45) is 0 Å². The predicted molar refractivity (Wildman–Crippen MR) is 56.3 cm³/mol. The summed E-state index contributed by atoms with van der Waals surface area (Å²) in [6.07, 6.45) is 0.827. The molecule has 76 valence electrons. The Labute approximate surface area is 87.9 Å². The molecule has 0 heterocycles. The molecule has 0 aliphatic rings. The molecule has 1 N–H and O–H groups in total. The van der Waals surface area contributed by atoms with Crippen molar-refractivity contribution in [2.45, 2.75) is 18.2 Å². The van der Waals surface area contributed by atoms with Crippen LogP contribution in [0.4, 0.5) is 4.39 Å². The Bertz CT molecular complexity index is 341. The van der Waals surface area contributed by atoms with Crippen LogP contribution in [0.5, 0.6) is 0 Å². The molecule has 0 aromatic heterocycles. The Balaban J connectivity index is 2.83. The first-order valence-electron chi connectivity index (χ1n) is 4.42. The highest BCUT2D eigenvalue weighted by Crippen LogP contribution is 2.13. The van der Waals surface area contributed by atoms with E-state index in [1.165, 1.54) is 18.2 Å². The van der Waals surface area contributed by atoms with Gasteiger partial charge in [0.1, 0.15) is 5.82 Å². The number of hydrogen-bond donors (Lipinski definition) is 2. The van der Waals surface area contributed by atoms with Crippen molar-refractivity contribution >= 4 is 18.5 Å². The summed E-state index contributed by atoms with van der Waals surface area (Å²) >= 11 is 4.04. The summed E-state index contributed by atoms with van der Waals surface area (Å²) in [5.74, 6) is -0.906. The number of thiol groups is 1. The average Bonchev–Trinajstić information content (AvgIpc) is 2.18. The molecular weight excluding hydrogens is 201 g/mol. The largest absolute Gasteiger partial charge is 0.352 e. The summed E-state index contributed by atoms with van der Waals surface area (Å²) < 4.78 is 13.2. The standard InChI is InChI=1S/C10H12FNOS/c1-2-5-12-10(13)8-6-7(14)3-4-9(8)11/h3-4,6,14H,2,5H2,1H3,(H,12,13). The van der Waals surface area contributed by atoms with E-state index in [0.717, 1.165) is 6.42 Å². The van der Waals surface area contributed by atoms with Crippen LogP contribution in [0.1, 0.15) is 23.7 Å².